The van der Waals surface area contributed by atoms with Gasteiger partial charge in [0.05, 0.1) is 17.8 Å². The molecule has 2 heterocycles. The van der Waals surface area contributed by atoms with Crippen LogP contribution in [0.5, 0.6) is 0 Å². The Morgan fingerprint density at radius 3 is 2.55 bits per heavy atom. The third-order valence-corrected chi connectivity index (χ3v) is 7.04. The molecule has 172 valence electrons. The average molecular weight is 450 g/mol. The van der Waals surface area contributed by atoms with Gasteiger partial charge in [-0.15, -0.1) is 0 Å². The maximum atomic E-state index is 13.5. The standard InChI is InChI=1S/C27H28FNO4/c1-16-24(27(31)33-20-6-3-2-4-7-20)26(23-8-5-13-32-23)25-21(29-16)14-18(15-22(25)30)17-9-11-19(28)12-10-17/h5,8-13,18,20,26,29H,2-4,6-7,14-15H2,1H3/t18-,26-/m0/s1. The molecule has 2 aromatic rings. The van der Waals surface area contributed by atoms with Crippen molar-refractivity contribution in [2.45, 2.75) is 69.8 Å². The van der Waals surface area contributed by atoms with Crippen molar-refractivity contribution in [3.05, 3.63) is 82.3 Å². The summed E-state index contributed by atoms with van der Waals surface area (Å²) in [5.74, 6) is -0.788. The van der Waals surface area contributed by atoms with Crippen molar-refractivity contribution in [3.63, 3.8) is 0 Å². The molecule has 5 rings (SSSR count). The zero-order valence-electron chi connectivity index (χ0n) is 18.7. The predicted octanol–water partition coefficient (Wildman–Crippen LogP) is 5.66. The number of ketones is 1. The van der Waals surface area contributed by atoms with Crippen LogP contribution in [0.1, 0.15) is 75.0 Å². The van der Waals surface area contributed by atoms with Crippen molar-refractivity contribution in [1.29, 1.82) is 0 Å². The minimum Gasteiger partial charge on any atom is -0.468 e. The van der Waals surface area contributed by atoms with Gasteiger partial charge in [0.2, 0.25) is 0 Å². The zero-order valence-corrected chi connectivity index (χ0v) is 18.7. The van der Waals surface area contributed by atoms with Gasteiger partial charge < -0.3 is 14.5 Å². The molecule has 0 saturated heterocycles. The Kier molecular flexibility index (Phi) is 5.92. The first kappa shape index (κ1) is 21.7. The van der Waals surface area contributed by atoms with E-state index in [2.05, 4.69) is 5.32 Å². The second-order valence-corrected chi connectivity index (χ2v) is 9.25. The Morgan fingerprint density at radius 1 is 1.09 bits per heavy atom. The summed E-state index contributed by atoms with van der Waals surface area (Å²) in [5, 5.41) is 3.34. The SMILES string of the molecule is CC1=C(C(=O)OC2CCCCC2)[C@H](c2ccco2)C2=C(C[C@H](c3ccc(F)cc3)CC2=O)N1. The molecule has 1 aliphatic heterocycles. The smallest absolute Gasteiger partial charge is 0.337 e. The molecule has 0 unspecified atom stereocenters. The number of halogens is 1. The molecule has 1 aromatic carbocycles. The van der Waals surface area contributed by atoms with Gasteiger partial charge in [0.25, 0.3) is 0 Å². The average Bonchev–Trinajstić information content (AvgIpc) is 3.34. The highest BCUT2D eigenvalue weighted by Crippen LogP contribution is 2.46. The molecule has 2 aliphatic carbocycles. The van der Waals surface area contributed by atoms with E-state index in [9.17, 15) is 14.0 Å². The lowest BCUT2D eigenvalue weighted by Gasteiger charge is -2.36. The number of Topliss-reactive ketones (excluding diaryl/α,β-unsaturated/α-hetero) is 1. The van der Waals surface area contributed by atoms with Crippen molar-refractivity contribution in [1.82, 2.24) is 5.32 Å². The summed E-state index contributed by atoms with van der Waals surface area (Å²) in [6.07, 6.45) is 7.44. The number of carbonyl (C=O) groups is 2. The predicted molar refractivity (Wildman–Crippen MR) is 121 cm³/mol. The van der Waals surface area contributed by atoms with E-state index in [1.807, 2.05) is 6.92 Å². The van der Waals surface area contributed by atoms with Crippen molar-refractivity contribution in [3.8, 4) is 0 Å². The number of allylic oxidation sites excluding steroid dienone is 3. The van der Waals surface area contributed by atoms with Crippen LogP contribution in [0, 0.1) is 5.82 Å². The van der Waals surface area contributed by atoms with E-state index in [0.29, 0.717) is 35.4 Å². The first-order chi connectivity index (χ1) is 16.0. The molecule has 0 bridgehead atoms. The summed E-state index contributed by atoms with van der Waals surface area (Å²) >= 11 is 0. The van der Waals surface area contributed by atoms with E-state index in [0.717, 1.165) is 36.9 Å². The number of nitrogens with one attached hydrogen (secondary N) is 1. The van der Waals surface area contributed by atoms with Gasteiger partial charge in [-0.05, 0) is 74.8 Å². The minimum absolute atomic E-state index is 0.0325. The Balaban J connectivity index is 1.48. The molecule has 2 atom stereocenters. The Hall–Kier alpha value is -3.15. The number of rotatable bonds is 4. The van der Waals surface area contributed by atoms with Crippen LogP contribution in [0.4, 0.5) is 4.39 Å². The van der Waals surface area contributed by atoms with Crippen LogP contribution in [-0.4, -0.2) is 17.9 Å². The first-order valence-corrected chi connectivity index (χ1v) is 11.7. The fraction of sp³-hybridized carbons (Fsp3) is 0.407. The molecule has 0 radical (unpaired) electrons. The zero-order chi connectivity index (χ0) is 22.9. The highest BCUT2D eigenvalue weighted by molar-refractivity contribution is 6.04. The van der Waals surface area contributed by atoms with E-state index in [1.54, 1.807) is 30.5 Å². The van der Waals surface area contributed by atoms with Gasteiger partial charge in [-0.1, -0.05) is 18.6 Å². The second-order valence-electron chi connectivity index (χ2n) is 9.25. The number of furan rings is 1. The second kappa shape index (κ2) is 9.00. The van der Waals surface area contributed by atoms with Crippen molar-refractivity contribution in [2.75, 3.05) is 0 Å². The van der Waals surface area contributed by atoms with Crippen LogP contribution in [0.15, 0.2) is 69.6 Å². The topological polar surface area (TPSA) is 68.5 Å². The Bertz CT molecular complexity index is 1110. The Labute approximate surface area is 192 Å². The quantitative estimate of drug-likeness (QED) is 0.611. The van der Waals surface area contributed by atoms with Crippen LogP contribution in [0.2, 0.25) is 0 Å². The van der Waals surface area contributed by atoms with E-state index in [-0.39, 0.29) is 29.6 Å². The fourth-order valence-corrected chi connectivity index (χ4v) is 5.42. The summed E-state index contributed by atoms with van der Waals surface area (Å²) < 4.78 is 25.0. The third-order valence-electron chi connectivity index (χ3n) is 7.04. The van der Waals surface area contributed by atoms with Gasteiger partial charge in [0.15, 0.2) is 5.78 Å². The van der Waals surface area contributed by atoms with Crippen molar-refractivity contribution >= 4 is 11.8 Å². The van der Waals surface area contributed by atoms with Gasteiger partial charge in [-0.25, -0.2) is 9.18 Å². The van der Waals surface area contributed by atoms with E-state index >= 15 is 0 Å². The number of hydrogen-bond acceptors (Lipinski definition) is 5. The summed E-state index contributed by atoms with van der Waals surface area (Å²) in [5.41, 5.74) is 3.43. The molecule has 33 heavy (non-hydrogen) atoms. The van der Waals surface area contributed by atoms with E-state index in [4.69, 9.17) is 9.15 Å². The molecule has 3 aliphatic rings. The summed E-state index contributed by atoms with van der Waals surface area (Å²) in [6, 6.07) is 9.90. The summed E-state index contributed by atoms with van der Waals surface area (Å²) in [6.45, 7) is 1.85. The molecule has 1 aromatic heterocycles. The lowest BCUT2D eigenvalue weighted by atomic mass is 9.73. The normalized spacial score (nSPS) is 23.9. The van der Waals surface area contributed by atoms with Gasteiger partial charge in [-0.2, -0.15) is 0 Å². The number of esters is 1. The number of benzene rings is 1. The largest absolute Gasteiger partial charge is 0.468 e. The molecule has 5 nitrogen and oxygen atoms in total. The van der Waals surface area contributed by atoms with Crippen LogP contribution in [0.25, 0.3) is 0 Å². The van der Waals surface area contributed by atoms with Crippen LogP contribution < -0.4 is 5.32 Å². The van der Waals surface area contributed by atoms with Crippen LogP contribution in [-0.2, 0) is 14.3 Å². The molecular weight excluding hydrogens is 421 g/mol. The molecule has 1 N–H and O–H groups in total. The molecule has 1 saturated carbocycles. The molecule has 6 heteroatoms. The minimum atomic E-state index is -0.589. The number of ether oxygens (including phenoxy) is 1. The van der Waals surface area contributed by atoms with Crippen LogP contribution in [0.3, 0.4) is 0 Å². The maximum Gasteiger partial charge on any atom is 0.337 e. The van der Waals surface area contributed by atoms with E-state index in [1.165, 1.54) is 18.6 Å². The number of carbonyl (C=O) groups excluding carboxylic acids is 2. The maximum absolute atomic E-state index is 13.5. The molecule has 0 spiro atoms. The van der Waals surface area contributed by atoms with Crippen molar-refractivity contribution in [2.24, 2.45) is 0 Å². The van der Waals surface area contributed by atoms with Gasteiger partial charge >= 0.3 is 5.97 Å². The number of hydrogen-bond donors (Lipinski definition) is 1. The lowest BCUT2D eigenvalue weighted by Crippen LogP contribution is -2.36. The van der Waals surface area contributed by atoms with Gasteiger partial charge in [0.1, 0.15) is 17.7 Å². The Morgan fingerprint density at radius 2 is 1.85 bits per heavy atom. The van der Waals surface area contributed by atoms with Gasteiger partial charge in [0, 0.05) is 23.4 Å². The molecule has 1 fully saturated rings. The third kappa shape index (κ3) is 4.26. The first-order valence-electron chi connectivity index (χ1n) is 11.7. The highest BCUT2D eigenvalue weighted by Gasteiger charge is 2.43. The van der Waals surface area contributed by atoms with Crippen molar-refractivity contribution < 1.29 is 23.1 Å². The van der Waals surface area contributed by atoms with Crippen LogP contribution >= 0.6 is 0 Å². The fourth-order valence-electron chi connectivity index (χ4n) is 5.42. The number of dihydropyridines is 1. The summed E-state index contributed by atoms with van der Waals surface area (Å²) in [7, 11) is 0. The van der Waals surface area contributed by atoms with E-state index < -0.39 is 5.92 Å². The molecule has 0 amide bonds. The molecular formula is C27H28FNO4. The summed E-state index contributed by atoms with van der Waals surface area (Å²) in [4.78, 5) is 26.8. The highest BCUT2D eigenvalue weighted by atomic mass is 19.1. The lowest BCUT2D eigenvalue weighted by molar-refractivity contribution is -0.146. The van der Waals surface area contributed by atoms with Gasteiger partial charge in [-0.3, -0.25) is 4.79 Å². The monoisotopic (exact) mass is 449 g/mol.